The van der Waals surface area contributed by atoms with E-state index in [9.17, 15) is 14.3 Å². The average Bonchev–Trinajstić information content (AvgIpc) is 3.04. The molecule has 49 heavy (non-hydrogen) atoms. The topological polar surface area (TPSA) is 91.3 Å². The molecular formula is C40H79NO7P+. The number of nitrogens with zero attached hydrogens (tertiary/aromatic N) is 1. The van der Waals surface area contributed by atoms with E-state index in [0.29, 0.717) is 17.4 Å². The minimum absolute atomic E-state index is 0.0482. The highest BCUT2D eigenvalue weighted by Crippen LogP contribution is 2.43. The van der Waals surface area contributed by atoms with Gasteiger partial charge in [0, 0.05) is 6.42 Å². The van der Waals surface area contributed by atoms with E-state index in [2.05, 4.69) is 26.0 Å². The van der Waals surface area contributed by atoms with Gasteiger partial charge in [-0.1, -0.05) is 135 Å². The van der Waals surface area contributed by atoms with Crippen LogP contribution in [0, 0.1) is 0 Å². The number of rotatable bonds is 37. The Kier molecular flexibility index (Phi) is 33.1. The fraction of sp³-hybridized carbons (Fsp3) is 0.875. The fourth-order valence-corrected chi connectivity index (χ4v) is 6.14. The van der Waals surface area contributed by atoms with Crippen LogP contribution >= 0.6 is 7.82 Å². The van der Waals surface area contributed by atoms with E-state index >= 15 is 0 Å². The van der Waals surface area contributed by atoms with Gasteiger partial charge in [0.2, 0.25) is 0 Å². The molecule has 290 valence electrons. The lowest BCUT2D eigenvalue weighted by atomic mass is 10.1. The van der Waals surface area contributed by atoms with E-state index in [0.717, 1.165) is 32.1 Å². The third-order valence-electron chi connectivity index (χ3n) is 8.58. The highest BCUT2D eigenvalue weighted by molar-refractivity contribution is 7.47. The Balaban J connectivity index is 4.32. The van der Waals surface area contributed by atoms with E-state index in [1.807, 2.05) is 27.2 Å². The number of carbonyl (C=O) groups is 1. The van der Waals surface area contributed by atoms with Crippen LogP contribution in [0.4, 0.5) is 0 Å². The van der Waals surface area contributed by atoms with Crippen LogP contribution in [0.5, 0.6) is 0 Å². The Bertz CT molecular complexity index is 843. The van der Waals surface area contributed by atoms with Gasteiger partial charge in [-0.25, -0.2) is 4.57 Å². The van der Waals surface area contributed by atoms with Gasteiger partial charge in [0.25, 0.3) is 0 Å². The summed E-state index contributed by atoms with van der Waals surface area (Å²) in [6, 6.07) is 0. The van der Waals surface area contributed by atoms with Crippen LogP contribution in [0.15, 0.2) is 24.5 Å². The number of phosphoric acid groups is 1. The van der Waals surface area contributed by atoms with E-state index in [1.54, 1.807) is 6.26 Å². The third kappa shape index (κ3) is 37.9. The second-order valence-corrected chi connectivity index (χ2v) is 16.2. The molecule has 0 amide bonds. The molecule has 0 aromatic heterocycles. The summed E-state index contributed by atoms with van der Waals surface area (Å²) >= 11 is 0. The SMILES string of the molecule is CCCCCC/C=C\CCCCCCCC/C=C\OC[C@H](COP(=O)(O)OCC[N+](C)(C)C)OC(=O)CCCCCCCCCCCCC. The molecule has 1 unspecified atom stereocenters. The summed E-state index contributed by atoms with van der Waals surface area (Å²) < 4.78 is 34.6. The minimum Gasteiger partial charge on any atom is -0.498 e. The average molecular weight is 717 g/mol. The first-order valence-electron chi connectivity index (χ1n) is 20.1. The number of quaternary nitrogens is 1. The predicted octanol–water partition coefficient (Wildman–Crippen LogP) is 11.6. The molecule has 0 aromatic rings. The molecule has 0 aliphatic rings. The van der Waals surface area contributed by atoms with Crippen molar-refractivity contribution in [1.29, 1.82) is 0 Å². The molecule has 0 bridgehead atoms. The van der Waals surface area contributed by atoms with Crippen molar-refractivity contribution in [2.75, 3.05) is 47.5 Å². The van der Waals surface area contributed by atoms with Gasteiger partial charge in [0.15, 0.2) is 6.10 Å². The van der Waals surface area contributed by atoms with Gasteiger partial charge in [-0.05, 0) is 51.0 Å². The molecule has 0 aliphatic carbocycles. The quantitative estimate of drug-likeness (QED) is 0.0171. The number of likely N-dealkylation sites (N-methyl/N-ethyl adjacent to an activating group) is 1. The van der Waals surface area contributed by atoms with Gasteiger partial charge < -0.3 is 18.9 Å². The molecule has 2 atom stereocenters. The van der Waals surface area contributed by atoms with Gasteiger partial charge in [0.1, 0.15) is 19.8 Å². The number of phosphoric ester groups is 1. The molecule has 0 spiro atoms. The lowest BCUT2D eigenvalue weighted by Gasteiger charge is -2.24. The predicted molar refractivity (Wildman–Crippen MR) is 206 cm³/mol. The number of esters is 1. The second-order valence-electron chi connectivity index (χ2n) is 14.7. The third-order valence-corrected chi connectivity index (χ3v) is 9.56. The standard InChI is InChI=1S/C40H78NO7P/c1-6-8-10-12-14-16-18-19-20-21-22-24-26-28-30-32-35-45-37-39(38-47-49(43,44)46-36-34-41(3,4)5)48-40(42)33-31-29-27-25-23-17-15-13-11-9-7-2/h16,18,32,35,39H,6-15,17,19-31,33-34,36-38H2,1-5H3/p+1/b18-16-,35-32-/t39-/m1/s1. The van der Waals surface area contributed by atoms with Gasteiger partial charge in [-0.2, -0.15) is 0 Å². The number of unbranched alkanes of at least 4 members (excludes halogenated alkanes) is 21. The lowest BCUT2D eigenvalue weighted by molar-refractivity contribution is -0.870. The Morgan fingerprint density at radius 3 is 1.59 bits per heavy atom. The molecule has 0 aromatic carbocycles. The van der Waals surface area contributed by atoms with Crippen LogP contribution < -0.4 is 0 Å². The van der Waals surface area contributed by atoms with E-state index in [-0.39, 0.29) is 25.8 Å². The van der Waals surface area contributed by atoms with Crippen LogP contribution in [0.1, 0.15) is 174 Å². The lowest BCUT2D eigenvalue weighted by Crippen LogP contribution is -2.37. The molecule has 0 fully saturated rings. The van der Waals surface area contributed by atoms with Crippen LogP contribution in [-0.2, 0) is 27.9 Å². The molecule has 0 radical (unpaired) electrons. The summed E-state index contributed by atoms with van der Waals surface area (Å²) in [6.45, 7) is 4.91. The molecule has 0 heterocycles. The number of carbonyl (C=O) groups excluding carboxylic acids is 1. The number of hydrogen-bond donors (Lipinski definition) is 1. The molecule has 0 saturated carbocycles. The first-order valence-corrected chi connectivity index (χ1v) is 21.6. The Hall–Kier alpha value is -1.18. The first-order chi connectivity index (χ1) is 23.6. The minimum atomic E-state index is -4.28. The maximum absolute atomic E-state index is 12.6. The van der Waals surface area contributed by atoms with Crippen molar-refractivity contribution in [1.82, 2.24) is 0 Å². The Morgan fingerprint density at radius 2 is 1.08 bits per heavy atom. The van der Waals surface area contributed by atoms with Crippen molar-refractivity contribution >= 4 is 13.8 Å². The number of ether oxygens (including phenoxy) is 2. The summed E-state index contributed by atoms with van der Waals surface area (Å²) in [5.74, 6) is -0.339. The van der Waals surface area contributed by atoms with Gasteiger partial charge in [-0.15, -0.1) is 0 Å². The Morgan fingerprint density at radius 1 is 0.633 bits per heavy atom. The highest BCUT2D eigenvalue weighted by atomic mass is 31.2. The summed E-state index contributed by atoms with van der Waals surface area (Å²) in [5, 5.41) is 0. The van der Waals surface area contributed by atoms with Crippen LogP contribution in [-0.4, -0.2) is 69.0 Å². The summed E-state index contributed by atoms with van der Waals surface area (Å²) in [4.78, 5) is 22.7. The zero-order chi connectivity index (χ0) is 36.3. The summed E-state index contributed by atoms with van der Waals surface area (Å²) in [7, 11) is 1.64. The van der Waals surface area contributed by atoms with Crippen molar-refractivity contribution in [3.63, 3.8) is 0 Å². The van der Waals surface area contributed by atoms with Crippen molar-refractivity contribution in [3.8, 4) is 0 Å². The first kappa shape index (κ1) is 47.8. The van der Waals surface area contributed by atoms with Gasteiger partial charge in [-0.3, -0.25) is 13.8 Å². The van der Waals surface area contributed by atoms with Crippen LogP contribution in [0.25, 0.3) is 0 Å². The zero-order valence-electron chi connectivity index (χ0n) is 32.7. The van der Waals surface area contributed by atoms with E-state index in [4.69, 9.17) is 18.5 Å². The maximum Gasteiger partial charge on any atom is 0.472 e. The largest absolute Gasteiger partial charge is 0.498 e. The van der Waals surface area contributed by atoms with E-state index in [1.165, 1.54) is 122 Å². The molecule has 0 saturated heterocycles. The van der Waals surface area contributed by atoms with Crippen molar-refractivity contribution in [3.05, 3.63) is 24.5 Å². The van der Waals surface area contributed by atoms with Crippen molar-refractivity contribution in [2.24, 2.45) is 0 Å². The van der Waals surface area contributed by atoms with E-state index < -0.39 is 13.9 Å². The van der Waals surface area contributed by atoms with Gasteiger partial charge >= 0.3 is 13.8 Å². The smallest absolute Gasteiger partial charge is 0.472 e. The highest BCUT2D eigenvalue weighted by Gasteiger charge is 2.26. The number of allylic oxidation sites excluding steroid dienone is 3. The Labute approximate surface area is 303 Å². The second kappa shape index (κ2) is 33.9. The summed E-state index contributed by atoms with van der Waals surface area (Å²) in [6.07, 6.45) is 37.3. The van der Waals surface area contributed by atoms with Crippen LogP contribution in [0.2, 0.25) is 0 Å². The molecule has 0 aliphatic heterocycles. The van der Waals surface area contributed by atoms with Crippen molar-refractivity contribution < 1.29 is 37.3 Å². The van der Waals surface area contributed by atoms with Crippen molar-refractivity contribution in [2.45, 2.75) is 180 Å². The number of hydrogen-bond acceptors (Lipinski definition) is 6. The monoisotopic (exact) mass is 717 g/mol. The summed E-state index contributed by atoms with van der Waals surface area (Å²) in [5.41, 5.74) is 0. The zero-order valence-corrected chi connectivity index (χ0v) is 33.6. The van der Waals surface area contributed by atoms with Crippen LogP contribution in [0.3, 0.4) is 0 Å². The van der Waals surface area contributed by atoms with Gasteiger partial charge in [0.05, 0.1) is 34.0 Å². The molecule has 0 rings (SSSR count). The molecular weight excluding hydrogens is 637 g/mol. The normalized spacial score (nSPS) is 14.1. The molecule has 1 N–H and O–H groups in total. The molecule has 8 nitrogen and oxygen atoms in total. The molecule has 9 heteroatoms. The maximum atomic E-state index is 12.6. The fourth-order valence-electron chi connectivity index (χ4n) is 5.39.